The lowest BCUT2D eigenvalue weighted by Gasteiger charge is -2.49. The number of nitrogens with one attached hydrogen (secondary N) is 1. The van der Waals surface area contributed by atoms with Crippen molar-refractivity contribution in [3.8, 4) is 0 Å². The number of aliphatic hydroxyl groups is 1. The van der Waals surface area contributed by atoms with Gasteiger partial charge in [-0.1, -0.05) is 0 Å². The molecular formula is C12H13NO3. The second-order valence-corrected chi connectivity index (χ2v) is 6.41. The van der Waals surface area contributed by atoms with Crippen molar-refractivity contribution in [3.05, 3.63) is 0 Å². The van der Waals surface area contributed by atoms with E-state index in [1.165, 1.54) is 0 Å². The number of carboxylic acids is 1. The number of fused-ring (bicyclic) bond motifs is 2. The van der Waals surface area contributed by atoms with Crippen LogP contribution >= 0.6 is 0 Å². The van der Waals surface area contributed by atoms with Gasteiger partial charge in [-0.15, -0.1) is 0 Å². The van der Waals surface area contributed by atoms with E-state index in [9.17, 15) is 15.0 Å². The van der Waals surface area contributed by atoms with Crippen LogP contribution in [0.1, 0.15) is 6.42 Å². The zero-order valence-corrected chi connectivity index (χ0v) is 8.63. The molecule has 0 spiro atoms. The number of rotatable bonds is 1. The van der Waals surface area contributed by atoms with Gasteiger partial charge in [0.1, 0.15) is 0 Å². The molecule has 0 aromatic rings. The molecule has 16 heavy (non-hydrogen) atoms. The normalized spacial score (nSPS) is 71.4. The topological polar surface area (TPSA) is 81.4 Å². The second-order valence-electron chi connectivity index (χ2n) is 6.41. The Hall–Kier alpha value is -0.900. The fourth-order valence-corrected chi connectivity index (χ4v) is 6.57. The molecule has 0 saturated heterocycles. The first kappa shape index (κ1) is 8.23. The van der Waals surface area contributed by atoms with Crippen molar-refractivity contribution in [3.63, 3.8) is 0 Å². The molecular weight excluding hydrogens is 206 g/mol. The van der Waals surface area contributed by atoms with Crippen molar-refractivity contribution in [2.75, 3.05) is 0 Å². The Bertz CT molecular complexity index is 475. The van der Waals surface area contributed by atoms with E-state index >= 15 is 0 Å². The van der Waals surface area contributed by atoms with Gasteiger partial charge in [-0.25, -0.2) is 4.79 Å². The third-order valence-electron chi connectivity index (χ3n) is 6.58. The summed E-state index contributed by atoms with van der Waals surface area (Å²) in [4.78, 5) is 11.4. The SMILES string of the molecule is N=C1[C@H]2[C@H]3C[C@@H]4[C@@H]5[C@H]3[C@H]1[C@@H]5C(O)(C(=O)O)[C@H]42. The minimum absolute atomic E-state index is 0.107. The highest BCUT2D eigenvalue weighted by Crippen LogP contribution is 2.84. The van der Waals surface area contributed by atoms with Crippen LogP contribution in [0, 0.1) is 52.8 Å². The van der Waals surface area contributed by atoms with Crippen molar-refractivity contribution in [2.45, 2.75) is 12.0 Å². The van der Waals surface area contributed by atoms with Gasteiger partial charge >= 0.3 is 5.97 Å². The summed E-state index contributed by atoms with van der Waals surface area (Å²) < 4.78 is 0. The van der Waals surface area contributed by atoms with E-state index in [-0.39, 0.29) is 23.7 Å². The molecule has 0 aromatic carbocycles. The molecule has 5 aliphatic carbocycles. The average Bonchev–Trinajstić information content (AvgIpc) is 2.67. The molecule has 3 N–H and O–H groups in total. The maximum absolute atomic E-state index is 11.4. The molecule has 4 heteroatoms. The van der Waals surface area contributed by atoms with Crippen LogP contribution in [0.3, 0.4) is 0 Å². The van der Waals surface area contributed by atoms with E-state index in [1.54, 1.807) is 0 Å². The molecule has 5 rings (SSSR count). The summed E-state index contributed by atoms with van der Waals surface area (Å²) in [5.74, 6) is 0.887. The molecule has 9 atom stereocenters. The largest absolute Gasteiger partial charge is 0.479 e. The van der Waals surface area contributed by atoms with E-state index in [2.05, 4.69) is 0 Å². The zero-order valence-electron chi connectivity index (χ0n) is 8.63. The third-order valence-corrected chi connectivity index (χ3v) is 6.58. The Kier molecular flexibility index (Phi) is 0.955. The van der Waals surface area contributed by atoms with E-state index in [0.717, 1.165) is 12.1 Å². The second kappa shape index (κ2) is 1.86. The van der Waals surface area contributed by atoms with Crippen LogP contribution in [-0.2, 0) is 4.79 Å². The minimum Gasteiger partial charge on any atom is -0.479 e. The van der Waals surface area contributed by atoms with Crippen LogP contribution in [0.25, 0.3) is 0 Å². The quantitative estimate of drug-likeness (QED) is 0.589. The monoisotopic (exact) mass is 219 g/mol. The number of carbonyl (C=O) groups is 1. The van der Waals surface area contributed by atoms with Gasteiger partial charge < -0.3 is 15.6 Å². The molecule has 1 unspecified atom stereocenters. The van der Waals surface area contributed by atoms with Crippen molar-refractivity contribution < 1.29 is 15.0 Å². The van der Waals surface area contributed by atoms with Gasteiger partial charge in [0, 0.05) is 29.4 Å². The zero-order chi connectivity index (χ0) is 11.0. The van der Waals surface area contributed by atoms with Gasteiger partial charge in [0.2, 0.25) is 0 Å². The van der Waals surface area contributed by atoms with Crippen molar-refractivity contribution in [1.29, 1.82) is 5.41 Å². The van der Waals surface area contributed by atoms with E-state index in [0.29, 0.717) is 23.7 Å². The summed E-state index contributed by atoms with van der Waals surface area (Å²) in [6.07, 6.45) is 1.08. The van der Waals surface area contributed by atoms with Crippen molar-refractivity contribution >= 4 is 11.7 Å². The molecule has 0 aliphatic heterocycles. The van der Waals surface area contributed by atoms with E-state index in [1.807, 2.05) is 0 Å². The number of hydrogen-bond acceptors (Lipinski definition) is 3. The average molecular weight is 219 g/mol. The first-order valence-electron chi connectivity index (χ1n) is 6.12. The van der Waals surface area contributed by atoms with Crippen LogP contribution in [0.5, 0.6) is 0 Å². The third kappa shape index (κ3) is 0.453. The molecule has 0 radical (unpaired) electrons. The van der Waals surface area contributed by atoms with Gasteiger partial charge in [-0.05, 0) is 30.1 Å². The Balaban J connectivity index is 1.81. The highest BCUT2D eigenvalue weighted by Gasteiger charge is 2.88. The number of aliphatic carboxylic acids is 1. The highest BCUT2D eigenvalue weighted by atomic mass is 16.4. The van der Waals surface area contributed by atoms with Gasteiger partial charge in [0.05, 0.1) is 0 Å². The molecule has 4 nitrogen and oxygen atoms in total. The van der Waals surface area contributed by atoms with E-state index < -0.39 is 11.6 Å². The molecule has 5 aliphatic rings. The summed E-state index contributed by atoms with van der Waals surface area (Å²) in [5, 5.41) is 28.1. The molecule has 84 valence electrons. The van der Waals surface area contributed by atoms with E-state index in [4.69, 9.17) is 5.41 Å². The summed E-state index contributed by atoms with van der Waals surface area (Å²) in [6.45, 7) is 0. The van der Waals surface area contributed by atoms with Crippen LogP contribution in [0.2, 0.25) is 0 Å². The Morgan fingerprint density at radius 1 is 1.25 bits per heavy atom. The highest BCUT2D eigenvalue weighted by molar-refractivity contribution is 5.97. The summed E-state index contributed by atoms with van der Waals surface area (Å²) in [6, 6.07) is 0. The van der Waals surface area contributed by atoms with Gasteiger partial charge in [0.25, 0.3) is 0 Å². The van der Waals surface area contributed by atoms with Gasteiger partial charge in [-0.2, -0.15) is 0 Å². The smallest absolute Gasteiger partial charge is 0.336 e. The molecule has 5 saturated carbocycles. The van der Waals surface area contributed by atoms with Gasteiger partial charge in [-0.3, -0.25) is 0 Å². The summed E-state index contributed by atoms with van der Waals surface area (Å²) in [7, 11) is 0. The fourth-order valence-electron chi connectivity index (χ4n) is 6.57. The number of hydrogen-bond donors (Lipinski definition) is 3. The molecule has 5 fully saturated rings. The molecule has 0 amide bonds. The minimum atomic E-state index is -1.49. The van der Waals surface area contributed by atoms with Crippen LogP contribution < -0.4 is 0 Å². The lowest BCUT2D eigenvalue weighted by molar-refractivity contribution is -0.178. The van der Waals surface area contributed by atoms with Crippen LogP contribution in [0.15, 0.2) is 0 Å². The molecule has 0 aromatic heterocycles. The predicted molar refractivity (Wildman–Crippen MR) is 52.8 cm³/mol. The summed E-state index contributed by atoms with van der Waals surface area (Å²) in [5.41, 5.74) is -0.705. The van der Waals surface area contributed by atoms with Gasteiger partial charge in [0.15, 0.2) is 5.60 Å². The standard InChI is InChI=1S/C12H13NO3/c13-10-6-2-1-3-5-4(2)7(10)9(5)12(16,8(3)6)11(14)15/h2-9,13,16H,1H2,(H,14,15)/t2-,3+,4-,5+,6-,7-,8+,9+,12?/m0/s1. The van der Waals surface area contributed by atoms with Crippen LogP contribution in [-0.4, -0.2) is 27.5 Å². The number of carboxylic acid groups (broad SMARTS) is 1. The first-order chi connectivity index (χ1) is 7.58. The maximum Gasteiger partial charge on any atom is 0.336 e. The predicted octanol–water partition coefficient (Wildman–Crippen LogP) is 0.210. The Labute approximate surface area is 92.2 Å². The Morgan fingerprint density at radius 3 is 2.69 bits per heavy atom. The lowest BCUT2D eigenvalue weighted by Crippen LogP contribution is -2.61. The lowest BCUT2D eigenvalue weighted by atomic mass is 9.55. The van der Waals surface area contributed by atoms with Crippen molar-refractivity contribution in [1.82, 2.24) is 0 Å². The van der Waals surface area contributed by atoms with Crippen molar-refractivity contribution in [2.24, 2.45) is 47.3 Å². The first-order valence-corrected chi connectivity index (χ1v) is 6.12. The molecule has 0 heterocycles. The maximum atomic E-state index is 11.4. The van der Waals surface area contributed by atoms with Crippen LogP contribution in [0.4, 0.5) is 0 Å². The summed E-state index contributed by atoms with van der Waals surface area (Å²) >= 11 is 0. The Morgan fingerprint density at radius 2 is 2.00 bits per heavy atom. The fraction of sp³-hybridized carbons (Fsp3) is 0.833. The molecule has 2 bridgehead atoms.